The predicted molar refractivity (Wildman–Crippen MR) is 87.3 cm³/mol. The first-order valence-electron chi connectivity index (χ1n) is 8.10. The van der Waals surface area contributed by atoms with Crippen LogP contribution < -0.4 is 5.32 Å². The van der Waals surface area contributed by atoms with Gasteiger partial charge in [0.25, 0.3) is 0 Å². The van der Waals surface area contributed by atoms with Gasteiger partial charge in [0, 0.05) is 43.6 Å². The second-order valence-corrected chi connectivity index (χ2v) is 6.29. The van der Waals surface area contributed by atoms with E-state index in [-0.39, 0.29) is 36.6 Å². The number of carbonyl (C=O) groups excluding carboxylic acids is 2. The normalized spacial score (nSPS) is 16.8. The van der Waals surface area contributed by atoms with Crippen LogP contribution in [0.5, 0.6) is 0 Å². The number of nitrogens with one attached hydrogen (secondary N) is 1. The average molecular weight is 319 g/mol. The molecule has 1 amide bonds. The summed E-state index contributed by atoms with van der Waals surface area (Å²) in [7, 11) is 0. The van der Waals surface area contributed by atoms with Crippen molar-refractivity contribution >= 4 is 11.7 Å². The number of aliphatic hydroxyl groups is 1. The van der Waals surface area contributed by atoms with Crippen LogP contribution in [-0.4, -0.2) is 43.2 Å². The Labute approximate surface area is 137 Å². The van der Waals surface area contributed by atoms with Crippen molar-refractivity contribution in [2.24, 2.45) is 5.41 Å². The lowest BCUT2D eigenvalue weighted by atomic mass is 9.81. The number of hydrogen-bond acceptors (Lipinski definition) is 4. The van der Waals surface area contributed by atoms with E-state index in [9.17, 15) is 14.7 Å². The van der Waals surface area contributed by atoms with Gasteiger partial charge in [0.05, 0.1) is 6.61 Å². The van der Waals surface area contributed by atoms with Gasteiger partial charge in [-0.05, 0) is 25.3 Å². The van der Waals surface area contributed by atoms with Crippen LogP contribution in [0.1, 0.15) is 41.6 Å². The molecule has 1 fully saturated rings. The van der Waals surface area contributed by atoms with E-state index in [1.807, 2.05) is 25.1 Å². The Kier molecular flexibility index (Phi) is 6.30. The SMILES string of the molecule is Cc1ccccc1C(=O)CCC(=O)NCC1(CO)CCOCC1. The summed E-state index contributed by atoms with van der Waals surface area (Å²) < 4.78 is 5.30. The maximum atomic E-state index is 12.2. The molecule has 0 unspecified atom stereocenters. The molecular formula is C18H25NO4. The number of Topliss-reactive ketones (excluding diaryl/α,β-unsaturated/α-hetero) is 1. The minimum Gasteiger partial charge on any atom is -0.396 e. The van der Waals surface area contributed by atoms with E-state index in [2.05, 4.69) is 5.32 Å². The first-order chi connectivity index (χ1) is 11.1. The van der Waals surface area contributed by atoms with Crippen molar-refractivity contribution in [1.82, 2.24) is 5.32 Å². The van der Waals surface area contributed by atoms with Gasteiger partial charge in [-0.1, -0.05) is 24.3 Å². The number of amides is 1. The number of carbonyl (C=O) groups is 2. The molecule has 23 heavy (non-hydrogen) atoms. The summed E-state index contributed by atoms with van der Waals surface area (Å²) in [6, 6.07) is 7.40. The first-order valence-corrected chi connectivity index (χ1v) is 8.10. The molecule has 126 valence electrons. The van der Waals surface area contributed by atoms with Gasteiger partial charge in [-0.2, -0.15) is 0 Å². The van der Waals surface area contributed by atoms with Gasteiger partial charge in [-0.15, -0.1) is 0 Å². The van der Waals surface area contributed by atoms with Crippen molar-refractivity contribution in [2.75, 3.05) is 26.4 Å². The Morgan fingerprint density at radius 2 is 1.91 bits per heavy atom. The fourth-order valence-corrected chi connectivity index (χ4v) is 2.82. The molecule has 0 aliphatic carbocycles. The molecule has 0 atom stereocenters. The van der Waals surface area contributed by atoms with Gasteiger partial charge in [-0.25, -0.2) is 0 Å². The van der Waals surface area contributed by atoms with Crippen LogP contribution in [0.25, 0.3) is 0 Å². The van der Waals surface area contributed by atoms with Crippen molar-refractivity contribution in [3.8, 4) is 0 Å². The summed E-state index contributed by atoms with van der Waals surface area (Å²) in [5, 5.41) is 12.4. The van der Waals surface area contributed by atoms with E-state index < -0.39 is 0 Å². The molecule has 1 heterocycles. The zero-order chi connectivity index (χ0) is 16.7. The van der Waals surface area contributed by atoms with Crippen LogP contribution in [0.15, 0.2) is 24.3 Å². The molecule has 0 radical (unpaired) electrons. The highest BCUT2D eigenvalue weighted by Crippen LogP contribution is 2.29. The smallest absolute Gasteiger partial charge is 0.220 e. The fourth-order valence-electron chi connectivity index (χ4n) is 2.82. The highest BCUT2D eigenvalue weighted by molar-refractivity contribution is 5.99. The van der Waals surface area contributed by atoms with Crippen LogP contribution in [0.2, 0.25) is 0 Å². The number of aryl methyl sites for hydroxylation is 1. The van der Waals surface area contributed by atoms with E-state index >= 15 is 0 Å². The number of hydrogen-bond donors (Lipinski definition) is 2. The number of aliphatic hydroxyl groups excluding tert-OH is 1. The van der Waals surface area contributed by atoms with E-state index in [4.69, 9.17) is 4.74 Å². The van der Waals surface area contributed by atoms with Crippen LogP contribution in [-0.2, 0) is 9.53 Å². The van der Waals surface area contributed by atoms with E-state index in [0.717, 1.165) is 18.4 Å². The molecule has 5 nitrogen and oxygen atoms in total. The topological polar surface area (TPSA) is 75.6 Å². The molecule has 1 aliphatic rings. The summed E-state index contributed by atoms with van der Waals surface area (Å²) in [5.41, 5.74) is 1.32. The molecule has 1 aliphatic heterocycles. The lowest BCUT2D eigenvalue weighted by Crippen LogP contribution is -2.43. The molecule has 2 N–H and O–H groups in total. The van der Waals surface area contributed by atoms with Crippen molar-refractivity contribution in [3.05, 3.63) is 35.4 Å². The van der Waals surface area contributed by atoms with Crippen molar-refractivity contribution in [1.29, 1.82) is 0 Å². The number of ketones is 1. The monoisotopic (exact) mass is 319 g/mol. The predicted octanol–water partition coefficient (Wildman–Crippen LogP) is 1.86. The van der Waals surface area contributed by atoms with Crippen LogP contribution >= 0.6 is 0 Å². The summed E-state index contributed by atoms with van der Waals surface area (Å²) >= 11 is 0. The highest BCUT2D eigenvalue weighted by atomic mass is 16.5. The Morgan fingerprint density at radius 1 is 1.22 bits per heavy atom. The molecule has 2 rings (SSSR count). The molecular weight excluding hydrogens is 294 g/mol. The summed E-state index contributed by atoms with van der Waals surface area (Å²) in [5.74, 6) is -0.160. The molecule has 0 bridgehead atoms. The Hall–Kier alpha value is -1.72. The quantitative estimate of drug-likeness (QED) is 0.752. The third kappa shape index (κ3) is 4.88. The second-order valence-electron chi connectivity index (χ2n) is 6.29. The lowest BCUT2D eigenvalue weighted by molar-refractivity contribution is -0.122. The summed E-state index contributed by atoms with van der Waals surface area (Å²) in [6.07, 6.45) is 1.86. The fraction of sp³-hybridized carbons (Fsp3) is 0.556. The number of benzene rings is 1. The van der Waals surface area contributed by atoms with Gasteiger partial charge >= 0.3 is 0 Å². The van der Waals surface area contributed by atoms with Gasteiger partial charge < -0.3 is 15.2 Å². The van der Waals surface area contributed by atoms with Crippen LogP contribution in [0.4, 0.5) is 0 Å². The van der Waals surface area contributed by atoms with Crippen LogP contribution in [0, 0.1) is 12.3 Å². The lowest BCUT2D eigenvalue weighted by Gasteiger charge is -2.35. The first kappa shape index (κ1) is 17.6. The zero-order valence-corrected chi connectivity index (χ0v) is 13.6. The Morgan fingerprint density at radius 3 is 2.57 bits per heavy atom. The Balaban J connectivity index is 1.79. The molecule has 0 saturated carbocycles. The molecule has 1 saturated heterocycles. The summed E-state index contributed by atoms with van der Waals surface area (Å²) in [4.78, 5) is 24.1. The van der Waals surface area contributed by atoms with Gasteiger partial charge in [0.1, 0.15) is 0 Å². The summed E-state index contributed by atoms with van der Waals surface area (Å²) in [6.45, 7) is 3.59. The van der Waals surface area contributed by atoms with Gasteiger partial charge in [-0.3, -0.25) is 9.59 Å². The average Bonchev–Trinajstić information content (AvgIpc) is 2.59. The van der Waals surface area contributed by atoms with Crippen molar-refractivity contribution in [2.45, 2.75) is 32.6 Å². The minimum absolute atomic E-state index is 0.0128. The Bertz CT molecular complexity index is 550. The highest BCUT2D eigenvalue weighted by Gasteiger charge is 2.32. The molecule has 1 aromatic carbocycles. The zero-order valence-electron chi connectivity index (χ0n) is 13.6. The molecule has 1 aromatic rings. The molecule has 0 spiro atoms. The third-order valence-corrected chi connectivity index (χ3v) is 4.57. The molecule has 5 heteroatoms. The maximum absolute atomic E-state index is 12.2. The van der Waals surface area contributed by atoms with E-state index in [0.29, 0.717) is 25.3 Å². The van der Waals surface area contributed by atoms with Crippen molar-refractivity contribution in [3.63, 3.8) is 0 Å². The van der Waals surface area contributed by atoms with Crippen LogP contribution in [0.3, 0.4) is 0 Å². The maximum Gasteiger partial charge on any atom is 0.220 e. The third-order valence-electron chi connectivity index (χ3n) is 4.57. The largest absolute Gasteiger partial charge is 0.396 e. The van der Waals surface area contributed by atoms with Gasteiger partial charge in [0.2, 0.25) is 5.91 Å². The standard InChI is InChI=1S/C18H25NO4/c1-14-4-2-3-5-15(14)16(21)6-7-17(22)19-12-18(13-20)8-10-23-11-9-18/h2-5,20H,6-13H2,1H3,(H,19,22). The van der Waals surface area contributed by atoms with E-state index in [1.165, 1.54) is 0 Å². The molecule has 0 aromatic heterocycles. The van der Waals surface area contributed by atoms with E-state index in [1.54, 1.807) is 6.07 Å². The minimum atomic E-state index is -0.284. The van der Waals surface area contributed by atoms with Crippen molar-refractivity contribution < 1.29 is 19.4 Å². The number of rotatable bonds is 7. The van der Waals surface area contributed by atoms with Gasteiger partial charge in [0.15, 0.2) is 5.78 Å². The second kappa shape index (κ2) is 8.22. The number of ether oxygens (including phenoxy) is 1.